The van der Waals surface area contributed by atoms with E-state index in [4.69, 9.17) is 15.1 Å². The molecule has 3 rings (SSSR count). The highest BCUT2D eigenvalue weighted by atomic mass is 19.1. The molecule has 1 aliphatic heterocycles. The largest absolute Gasteiger partial charge is 0.473 e. The minimum atomic E-state index is -0.920. The maximum Gasteiger partial charge on any atom is 0.407 e. The Balaban J connectivity index is 1.67. The van der Waals surface area contributed by atoms with E-state index in [0.29, 0.717) is 36.9 Å². The Labute approximate surface area is 156 Å². The van der Waals surface area contributed by atoms with Gasteiger partial charge in [-0.05, 0) is 25.1 Å². The molecule has 0 radical (unpaired) electrons. The van der Waals surface area contributed by atoms with Gasteiger partial charge in [0.1, 0.15) is 18.2 Å². The fourth-order valence-corrected chi connectivity index (χ4v) is 3.00. The summed E-state index contributed by atoms with van der Waals surface area (Å²) < 4.78 is 19.6. The van der Waals surface area contributed by atoms with Crippen LogP contribution in [0, 0.1) is 17.1 Å². The van der Waals surface area contributed by atoms with Crippen LogP contribution in [0.4, 0.5) is 15.0 Å². The summed E-state index contributed by atoms with van der Waals surface area (Å²) in [7, 11) is 0. The zero-order chi connectivity index (χ0) is 19.4. The second-order valence-corrected chi connectivity index (χ2v) is 6.31. The van der Waals surface area contributed by atoms with E-state index in [1.807, 2.05) is 24.0 Å². The highest BCUT2D eigenvalue weighted by Gasteiger charge is 2.27. The van der Waals surface area contributed by atoms with Gasteiger partial charge in [-0.1, -0.05) is 12.1 Å². The summed E-state index contributed by atoms with van der Waals surface area (Å²) in [5.41, 5.74) is 0.593. The molecule has 0 spiro atoms. The minimum Gasteiger partial charge on any atom is -0.473 e. The predicted molar refractivity (Wildman–Crippen MR) is 96.1 cm³/mol. The minimum absolute atomic E-state index is 0.00363. The number of nitrogens with zero attached hydrogens (tertiary/aromatic N) is 4. The van der Waals surface area contributed by atoms with Gasteiger partial charge in [-0.25, -0.2) is 9.18 Å². The van der Waals surface area contributed by atoms with Crippen molar-refractivity contribution in [3.63, 3.8) is 0 Å². The normalized spacial score (nSPS) is 16.7. The van der Waals surface area contributed by atoms with Crippen LogP contribution in [0.2, 0.25) is 0 Å². The van der Waals surface area contributed by atoms with E-state index in [1.165, 1.54) is 23.1 Å². The second-order valence-electron chi connectivity index (χ2n) is 6.31. The Kier molecular flexibility index (Phi) is 5.41. The number of halogens is 1. The van der Waals surface area contributed by atoms with Gasteiger partial charge in [-0.15, -0.1) is 0 Å². The number of hydrogen-bond donors (Lipinski definition) is 1. The molecule has 2 heterocycles. The highest BCUT2D eigenvalue weighted by Crippen LogP contribution is 2.22. The number of ether oxygens (including phenoxy) is 1. The van der Waals surface area contributed by atoms with Crippen molar-refractivity contribution in [1.29, 1.82) is 5.26 Å². The quantitative estimate of drug-likeness (QED) is 0.890. The Bertz CT molecular complexity index is 883. The van der Waals surface area contributed by atoms with Gasteiger partial charge in [0.25, 0.3) is 0 Å². The van der Waals surface area contributed by atoms with Gasteiger partial charge in [0.05, 0.1) is 11.6 Å². The summed E-state index contributed by atoms with van der Waals surface area (Å²) >= 11 is 0. The molecule has 1 saturated heterocycles. The zero-order valence-corrected chi connectivity index (χ0v) is 14.8. The Morgan fingerprint density at radius 3 is 2.89 bits per heavy atom. The monoisotopic (exact) mass is 370 g/mol. The number of nitriles is 1. The van der Waals surface area contributed by atoms with Crippen molar-refractivity contribution >= 4 is 11.9 Å². The number of benzene rings is 1. The molecule has 140 valence electrons. The predicted octanol–water partition coefficient (Wildman–Crippen LogP) is 2.86. The third-order valence-electron chi connectivity index (χ3n) is 4.46. The molecule has 1 atom stereocenters. The molecule has 0 saturated carbocycles. The molecule has 1 unspecified atom stereocenters. The molecule has 1 fully saturated rings. The highest BCUT2D eigenvalue weighted by molar-refractivity contribution is 5.65. The van der Waals surface area contributed by atoms with E-state index in [9.17, 15) is 9.18 Å². The van der Waals surface area contributed by atoms with Crippen LogP contribution in [0.5, 0.6) is 5.88 Å². The molecule has 1 aromatic heterocycles. The van der Waals surface area contributed by atoms with E-state index in [-0.39, 0.29) is 18.2 Å². The molecule has 27 heavy (non-hydrogen) atoms. The molecule has 7 nitrogen and oxygen atoms in total. The lowest BCUT2D eigenvalue weighted by Gasteiger charge is -2.39. The van der Waals surface area contributed by atoms with Crippen LogP contribution in [0.25, 0.3) is 0 Å². The van der Waals surface area contributed by atoms with Gasteiger partial charge >= 0.3 is 6.09 Å². The number of pyridine rings is 1. The summed E-state index contributed by atoms with van der Waals surface area (Å²) in [5.74, 6) is 0.540. The molecule has 1 amide bonds. The summed E-state index contributed by atoms with van der Waals surface area (Å²) in [6, 6.07) is 11.4. The molecule has 0 bridgehead atoms. The van der Waals surface area contributed by atoms with Crippen LogP contribution < -0.4 is 9.64 Å². The van der Waals surface area contributed by atoms with Crippen LogP contribution in [-0.4, -0.2) is 46.8 Å². The van der Waals surface area contributed by atoms with Gasteiger partial charge in [0, 0.05) is 37.3 Å². The van der Waals surface area contributed by atoms with E-state index in [1.54, 1.807) is 12.1 Å². The molecule has 1 aliphatic rings. The summed E-state index contributed by atoms with van der Waals surface area (Å²) in [4.78, 5) is 19.0. The number of anilines is 1. The van der Waals surface area contributed by atoms with Crippen molar-refractivity contribution in [2.75, 3.05) is 24.5 Å². The molecule has 1 N–H and O–H groups in total. The third kappa shape index (κ3) is 4.26. The van der Waals surface area contributed by atoms with Crippen LogP contribution in [0.1, 0.15) is 18.1 Å². The van der Waals surface area contributed by atoms with E-state index >= 15 is 0 Å². The smallest absolute Gasteiger partial charge is 0.407 e. The molecular weight excluding hydrogens is 351 g/mol. The molecule has 0 aliphatic carbocycles. The molecule has 2 aromatic rings. The average Bonchev–Trinajstić information content (AvgIpc) is 2.67. The summed E-state index contributed by atoms with van der Waals surface area (Å²) in [5, 5.41) is 17.9. The lowest BCUT2D eigenvalue weighted by Crippen LogP contribution is -2.53. The standard InChI is InChI=1S/C19H19FN4O3/c1-13-11-23(19(25)26)7-8-24(13)17-3-2-4-18(22-17)27-12-15-6-5-14(10-21)9-16(15)20/h2-6,9,13H,7-8,11-12H2,1H3,(H,25,26). The fraction of sp³-hybridized carbons (Fsp3) is 0.316. The first-order valence-electron chi connectivity index (χ1n) is 8.51. The Hall–Kier alpha value is -3.34. The topological polar surface area (TPSA) is 89.7 Å². The van der Waals surface area contributed by atoms with Crippen molar-refractivity contribution in [2.45, 2.75) is 19.6 Å². The van der Waals surface area contributed by atoms with Crippen molar-refractivity contribution in [3.05, 3.63) is 53.3 Å². The maximum absolute atomic E-state index is 14.0. The maximum atomic E-state index is 14.0. The van der Waals surface area contributed by atoms with E-state index in [2.05, 4.69) is 4.98 Å². The number of rotatable bonds is 4. The first-order valence-corrected chi connectivity index (χ1v) is 8.51. The molecule has 1 aromatic carbocycles. The van der Waals surface area contributed by atoms with Crippen molar-refractivity contribution < 1.29 is 19.0 Å². The lowest BCUT2D eigenvalue weighted by molar-refractivity contribution is 0.136. The number of piperazine rings is 1. The number of hydrogen-bond acceptors (Lipinski definition) is 5. The SMILES string of the molecule is CC1CN(C(=O)O)CCN1c1cccc(OCc2ccc(C#N)cc2F)n1. The van der Waals surface area contributed by atoms with Crippen LogP contribution >= 0.6 is 0 Å². The summed E-state index contributed by atoms with van der Waals surface area (Å²) in [6.45, 7) is 3.28. The second kappa shape index (κ2) is 7.91. The van der Waals surface area contributed by atoms with Crippen LogP contribution in [0.3, 0.4) is 0 Å². The lowest BCUT2D eigenvalue weighted by atomic mass is 10.1. The third-order valence-corrected chi connectivity index (χ3v) is 4.46. The van der Waals surface area contributed by atoms with Gasteiger partial charge in [0.15, 0.2) is 0 Å². The van der Waals surface area contributed by atoms with E-state index in [0.717, 1.165) is 0 Å². The van der Waals surface area contributed by atoms with E-state index < -0.39 is 11.9 Å². The molecule has 8 heteroatoms. The number of carboxylic acid groups (broad SMARTS) is 1. The number of amides is 1. The molecular formula is C19H19FN4O3. The van der Waals surface area contributed by atoms with Crippen molar-refractivity contribution in [1.82, 2.24) is 9.88 Å². The average molecular weight is 370 g/mol. The van der Waals surface area contributed by atoms with Crippen molar-refractivity contribution in [2.24, 2.45) is 0 Å². The van der Waals surface area contributed by atoms with Crippen LogP contribution in [-0.2, 0) is 6.61 Å². The van der Waals surface area contributed by atoms with Gasteiger partial charge in [-0.3, -0.25) is 0 Å². The van der Waals surface area contributed by atoms with Gasteiger partial charge < -0.3 is 19.6 Å². The van der Waals surface area contributed by atoms with Crippen LogP contribution in [0.15, 0.2) is 36.4 Å². The summed E-state index contributed by atoms with van der Waals surface area (Å²) in [6.07, 6.45) is -0.920. The Morgan fingerprint density at radius 2 is 2.22 bits per heavy atom. The van der Waals surface area contributed by atoms with Gasteiger partial charge in [-0.2, -0.15) is 10.2 Å². The number of aromatic nitrogens is 1. The van der Waals surface area contributed by atoms with Crippen molar-refractivity contribution in [3.8, 4) is 11.9 Å². The zero-order valence-electron chi connectivity index (χ0n) is 14.8. The fourth-order valence-electron chi connectivity index (χ4n) is 3.00. The number of carbonyl (C=O) groups is 1. The van der Waals surface area contributed by atoms with Gasteiger partial charge in [0.2, 0.25) is 5.88 Å². The first-order chi connectivity index (χ1) is 13.0. The first kappa shape index (κ1) is 18.5. The Morgan fingerprint density at radius 1 is 1.41 bits per heavy atom.